The minimum absolute atomic E-state index is 0.285. The van der Waals surface area contributed by atoms with E-state index < -0.39 is 0 Å². The molecular weight excluding hydrogens is 475 g/mol. The van der Waals surface area contributed by atoms with Crippen molar-refractivity contribution in [1.29, 1.82) is 0 Å². The number of rotatable bonds is 3. The second kappa shape index (κ2) is 7.92. The highest BCUT2D eigenvalue weighted by atomic mass is 19.1. The highest BCUT2D eigenvalue weighted by Crippen LogP contribution is 2.55. The SMILES string of the molecule is Fc1ccc(N(c2ccc3c(c2)Oc2ccc4c5c(ccc-3c25)Oc2ccccc2-4)c2ccccn2)cc1. The van der Waals surface area contributed by atoms with Gasteiger partial charge in [0.1, 0.15) is 34.6 Å². The number of pyridine rings is 1. The lowest BCUT2D eigenvalue weighted by atomic mass is 9.88. The molecule has 0 saturated heterocycles. The molecule has 5 aromatic carbocycles. The maximum absolute atomic E-state index is 13.7. The van der Waals surface area contributed by atoms with E-state index in [-0.39, 0.29) is 5.82 Å². The van der Waals surface area contributed by atoms with Crippen LogP contribution < -0.4 is 14.4 Å². The van der Waals surface area contributed by atoms with E-state index >= 15 is 0 Å². The van der Waals surface area contributed by atoms with Crippen LogP contribution in [0, 0.1) is 5.82 Å². The third-order valence-corrected chi connectivity index (χ3v) is 7.18. The van der Waals surface area contributed by atoms with Crippen LogP contribution >= 0.6 is 0 Å². The van der Waals surface area contributed by atoms with Crippen molar-refractivity contribution in [3.8, 4) is 45.3 Å². The summed E-state index contributed by atoms with van der Waals surface area (Å²) >= 11 is 0. The number of nitrogens with zero attached hydrogens (tertiary/aromatic N) is 2. The molecule has 0 saturated carbocycles. The number of halogens is 1. The first-order valence-electron chi connectivity index (χ1n) is 12.4. The van der Waals surface area contributed by atoms with Crippen LogP contribution in [0.15, 0.2) is 115 Å². The van der Waals surface area contributed by atoms with Gasteiger partial charge < -0.3 is 9.47 Å². The second-order valence-electron chi connectivity index (χ2n) is 9.35. The van der Waals surface area contributed by atoms with E-state index in [0.29, 0.717) is 0 Å². The molecule has 0 amide bonds. The van der Waals surface area contributed by atoms with E-state index in [1.54, 1.807) is 18.3 Å². The molecular formula is C33H19FN2O2. The third kappa shape index (κ3) is 3.05. The molecule has 0 atom stereocenters. The summed E-state index contributed by atoms with van der Waals surface area (Å²) in [5.41, 5.74) is 5.99. The standard InChI is InChI=1S/C33H19FN2O2/c34-20-8-10-21(11-9-20)36(31-7-3-4-18-35-31)22-12-13-24-26-15-16-28-32-25(23-5-1-2-6-27(23)37-28)14-17-29(33(26)32)38-30(24)19-22/h1-19H. The fourth-order valence-electron chi connectivity index (χ4n) is 5.51. The number of aromatic nitrogens is 1. The van der Waals surface area contributed by atoms with Gasteiger partial charge in [-0.05, 0) is 90.0 Å². The molecule has 6 aromatic rings. The molecule has 0 fully saturated rings. The number of hydrogen-bond acceptors (Lipinski definition) is 4. The van der Waals surface area contributed by atoms with Gasteiger partial charge in [-0.1, -0.05) is 24.3 Å². The van der Waals surface area contributed by atoms with Crippen LogP contribution in [0.3, 0.4) is 0 Å². The summed E-state index contributed by atoms with van der Waals surface area (Å²) in [6, 6.07) is 34.7. The van der Waals surface area contributed by atoms with E-state index in [9.17, 15) is 4.39 Å². The Balaban J connectivity index is 1.30. The number of hydrogen-bond donors (Lipinski definition) is 0. The Morgan fingerprint density at radius 3 is 1.89 bits per heavy atom. The molecule has 0 aliphatic carbocycles. The minimum atomic E-state index is -0.285. The first-order valence-corrected chi connectivity index (χ1v) is 12.4. The summed E-state index contributed by atoms with van der Waals surface area (Å²) in [6.07, 6.45) is 1.75. The Bertz CT molecular complexity index is 1880. The number of ether oxygens (including phenoxy) is 2. The van der Waals surface area contributed by atoms with Gasteiger partial charge in [-0.25, -0.2) is 9.37 Å². The van der Waals surface area contributed by atoms with Gasteiger partial charge in [-0.3, -0.25) is 4.90 Å². The first kappa shape index (κ1) is 21.0. The molecule has 38 heavy (non-hydrogen) atoms. The van der Waals surface area contributed by atoms with Crippen molar-refractivity contribution in [3.05, 3.63) is 121 Å². The normalized spacial score (nSPS) is 12.2. The van der Waals surface area contributed by atoms with Gasteiger partial charge in [0, 0.05) is 39.8 Å². The van der Waals surface area contributed by atoms with Crippen LogP contribution in [0.4, 0.5) is 21.6 Å². The van der Waals surface area contributed by atoms with Gasteiger partial charge >= 0.3 is 0 Å². The molecule has 1 aromatic heterocycles. The van der Waals surface area contributed by atoms with Crippen LogP contribution in [-0.4, -0.2) is 4.98 Å². The maximum Gasteiger partial charge on any atom is 0.137 e. The Kier molecular flexibility index (Phi) is 4.37. The smallest absolute Gasteiger partial charge is 0.137 e. The first-order chi connectivity index (χ1) is 18.7. The van der Waals surface area contributed by atoms with E-state index in [1.807, 2.05) is 65.6 Å². The van der Waals surface area contributed by atoms with E-state index in [4.69, 9.17) is 9.47 Å². The molecule has 0 radical (unpaired) electrons. The molecule has 3 heterocycles. The van der Waals surface area contributed by atoms with Crippen LogP contribution in [0.5, 0.6) is 23.0 Å². The minimum Gasteiger partial charge on any atom is -0.456 e. The molecule has 0 N–H and O–H groups in total. The second-order valence-corrected chi connectivity index (χ2v) is 9.35. The number of benzene rings is 5. The van der Waals surface area contributed by atoms with Gasteiger partial charge in [0.15, 0.2) is 0 Å². The Morgan fingerprint density at radius 2 is 1.16 bits per heavy atom. The van der Waals surface area contributed by atoms with Crippen molar-refractivity contribution in [1.82, 2.24) is 4.98 Å². The molecule has 0 unspecified atom stereocenters. The van der Waals surface area contributed by atoms with E-state index in [2.05, 4.69) is 29.2 Å². The monoisotopic (exact) mass is 494 g/mol. The zero-order valence-electron chi connectivity index (χ0n) is 20.1. The lowest BCUT2D eigenvalue weighted by Gasteiger charge is -2.29. The Morgan fingerprint density at radius 1 is 0.526 bits per heavy atom. The summed E-state index contributed by atoms with van der Waals surface area (Å²) in [7, 11) is 0. The van der Waals surface area contributed by atoms with E-state index in [1.165, 1.54) is 12.1 Å². The van der Waals surface area contributed by atoms with Gasteiger partial charge in [0.25, 0.3) is 0 Å². The predicted molar refractivity (Wildman–Crippen MR) is 147 cm³/mol. The predicted octanol–water partition coefficient (Wildman–Crippen LogP) is 9.39. The highest BCUT2D eigenvalue weighted by molar-refractivity contribution is 6.14. The largest absolute Gasteiger partial charge is 0.456 e. The van der Waals surface area contributed by atoms with Gasteiger partial charge in [0.05, 0.1) is 5.69 Å². The topological polar surface area (TPSA) is 34.6 Å². The van der Waals surface area contributed by atoms with Crippen LogP contribution in [0.1, 0.15) is 0 Å². The van der Waals surface area contributed by atoms with Gasteiger partial charge in [-0.2, -0.15) is 0 Å². The summed E-state index contributed by atoms with van der Waals surface area (Å²) < 4.78 is 26.5. The molecule has 0 bridgehead atoms. The lowest BCUT2D eigenvalue weighted by molar-refractivity contribution is 0.480. The van der Waals surface area contributed by atoms with Crippen LogP contribution in [0.25, 0.3) is 33.0 Å². The van der Waals surface area contributed by atoms with Gasteiger partial charge in [-0.15, -0.1) is 0 Å². The van der Waals surface area contributed by atoms with Crippen molar-refractivity contribution in [2.75, 3.05) is 4.90 Å². The molecule has 4 nitrogen and oxygen atoms in total. The van der Waals surface area contributed by atoms with Crippen LogP contribution in [0.2, 0.25) is 0 Å². The van der Waals surface area contributed by atoms with Crippen LogP contribution in [-0.2, 0) is 0 Å². The number of fused-ring (bicyclic) bond motifs is 4. The summed E-state index contributed by atoms with van der Waals surface area (Å²) in [5.74, 6) is 3.68. The van der Waals surface area contributed by atoms with Crippen molar-refractivity contribution < 1.29 is 13.9 Å². The fraction of sp³-hybridized carbons (Fsp3) is 0. The Labute approximate surface area is 218 Å². The van der Waals surface area contributed by atoms with Crippen molar-refractivity contribution in [3.63, 3.8) is 0 Å². The number of para-hydroxylation sites is 1. The number of anilines is 3. The van der Waals surface area contributed by atoms with Crippen molar-refractivity contribution >= 4 is 28.0 Å². The molecule has 5 heteroatoms. The summed E-state index contributed by atoms with van der Waals surface area (Å²) in [6.45, 7) is 0. The average Bonchev–Trinajstić information content (AvgIpc) is 2.97. The summed E-state index contributed by atoms with van der Waals surface area (Å²) in [4.78, 5) is 6.55. The van der Waals surface area contributed by atoms with Gasteiger partial charge in [0.2, 0.25) is 0 Å². The van der Waals surface area contributed by atoms with Crippen molar-refractivity contribution in [2.45, 2.75) is 0 Å². The molecule has 8 rings (SSSR count). The Hall–Kier alpha value is -5.16. The maximum atomic E-state index is 13.7. The van der Waals surface area contributed by atoms with E-state index in [0.717, 1.165) is 73.2 Å². The zero-order chi connectivity index (χ0) is 25.2. The van der Waals surface area contributed by atoms with Crippen molar-refractivity contribution in [2.24, 2.45) is 0 Å². The quantitative estimate of drug-likeness (QED) is 0.245. The highest BCUT2D eigenvalue weighted by Gasteiger charge is 2.28. The average molecular weight is 495 g/mol. The zero-order valence-corrected chi connectivity index (χ0v) is 20.1. The molecule has 2 aliphatic rings. The summed E-state index contributed by atoms with van der Waals surface area (Å²) in [5, 5.41) is 2.12. The molecule has 180 valence electrons. The lowest BCUT2D eigenvalue weighted by Crippen LogP contribution is -2.12. The fourth-order valence-corrected chi connectivity index (χ4v) is 5.51. The third-order valence-electron chi connectivity index (χ3n) is 7.18. The molecule has 2 aliphatic heterocycles. The molecule has 0 spiro atoms.